The summed E-state index contributed by atoms with van der Waals surface area (Å²) in [6.07, 6.45) is 1.87. The minimum Gasteiger partial charge on any atom is -0.290 e. The fraction of sp³-hybridized carbons (Fsp3) is 0.214. The van der Waals surface area contributed by atoms with Crippen molar-refractivity contribution in [1.29, 1.82) is 0 Å². The molecule has 1 nitrogen and oxygen atoms in total. The van der Waals surface area contributed by atoms with Crippen LogP contribution in [0.25, 0.3) is 10.8 Å². The molecular weight excluding hydrogens is 182 g/mol. The van der Waals surface area contributed by atoms with E-state index in [0.717, 1.165) is 0 Å². The second-order valence-electron chi connectivity index (χ2n) is 3.65. The largest absolute Gasteiger partial charge is 0.290 e. The summed E-state index contributed by atoms with van der Waals surface area (Å²) in [5, 5.41) is 2.59. The van der Waals surface area contributed by atoms with Gasteiger partial charge >= 0.3 is 0 Å². The zero-order valence-electron chi connectivity index (χ0n) is 9.14. The third kappa shape index (κ3) is 1.91. The lowest BCUT2D eigenvalue weighted by molar-refractivity contribution is 0.833. The molecule has 2 aromatic carbocycles. The van der Waals surface area contributed by atoms with Gasteiger partial charge in [0.1, 0.15) is 0 Å². The second-order valence-corrected chi connectivity index (χ2v) is 3.65. The van der Waals surface area contributed by atoms with Gasteiger partial charge in [0.15, 0.2) is 0 Å². The van der Waals surface area contributed by atoms with Crippen LogP contribution in [0, 0.1) is 0 Å². The number of aliphatic imine (C=N–C) groups is 1. The first kappa shape index (κ1) is 9.91. The Morgan fingerprint density at radius 2 is 1.80 bits per heavy atom. The molecule has 0 saturated heterocycles. The molecule has 0 radical (unpaired) electrons. The summed E-state index contributed by atoms with van der Waals surface area (Å²) < 4.78 is 0. The van der Waals surface area contributed by atoms with E-state index in [9.17, 15) is 0 Å². The Hall–Kier alpha value is -1.63. The molecule has 1 heteroatoms. The summed E-state index contributed by atoms with van der Waals surface area (Å²) in [7, 11) is 0. The van der Waals surface area contributed by atoms with E-state index in [-0.39, 0.29) is 6.04 Å². The number of benzene rings is 2. The van der Waals surface area contributed by atoms with Crippen molar-refractivity contribution in [3.8, 4) is 0 Å². The SMILES string of the molecule is CC=N[C@@H](C)c1cccc2ccccc12. The van der Waals surface area contributed by atoms with Gasteiger partial charge in [-0.1, -0.05) is 42.5 Å². The molecule has 0 N–H and O–H groups in total. The van der Waals surface area contributed by atoms with Crippen LogP contribution >= 0.6 is 0 Å². The molecule has 0 fully saturated rings. The lowest BCUT2D eigenvalue weighted by atomic mass is 10.0. The van der Waals surface area contributed by atoms with Crippen LogP contribution in [0.5, 0.6) is 0 Å². The van der Waals surface area contributed by atoms with Crippen molar-refractivity contribution in [3.63, 3.8) is 0 Å². The number of hydrogen-bond donors (Lipinski definition) is 0. The van der Waals surface area contributed by atoms with E-state index in [4.69, 9.17) is 0 Å². The zero-order chi connectivity index (χ0) is 10.7. The van der Waals surface area contributed by atoms with E-state index >= 15 is 0 Å². The topological polar surface area (TPSA) is 12.4 Å². The van der Waals surface area contributed by atoms with Gasteiger partial charge in [0.25, 0.3) is 0 Å². The fourth-order valence-electron chi connectivity index (χ4n) is 1.92. The molecule has 0 unspecified atom stereocenters. The summed E-state index contributed by atoms with van der Waals surface area (Å²) in [6.45, 7) is 4.09. The van der Waals surface area contributed by atoms with E-state index < -0.39 is 0 Å². The zero-order valence-corrected chi connectivity index (χ0v) is 9.14. The molecule has 0 bridgehead atoms. The predicted octanol–water partition coefficient (Wildman–Crippen LogP) is 3.99. The molecule has 1 atom stereocenters. The average molecular weight is 197 g/mol. The van der Waals surface area contributed by atoms with Crippen molar-refractivity contribution < 1.29 is 0 Å². The van der Waals surface area contributed by atoms with Crippen molar-refractivity contribution >= 4 is 17.0 Å². The minimum absolute atomic E-state index is 0.237. The van der Waals surface area contributed by atoms with E-state index in [1.165, 1.54) is 16.3 Å². The van der Waals surface area contributed by atoms with Crippen LogP contribution in [0.15, 0.2) is 47.5 Å². The first-order chi connectivity index (χ1) is 7.33. The molecule has 2 aromatic rings. The van der Waals surface area contributed by atoms with Crippen molar-refractivity contribution in [2.24, 2.45) is 4.99 Å². The maximum atomic E-state index is 4.42. The van der Waals surface area contributed by atoms with Crippen LogP contribution in [-0.4, -0.2) is 6.21 Å². The molecule has 76 valence electrons. The Labute approximate surface area is 90.5 Å². The Kier molecular flexibility index (Phi) is 2.82. The van der Waals surface area contributed by atoms with Gasteiger partial charge in [-0.05, 0) is 36.4 Å². The maximum absolute atomic E-state index is 4.42. The highest BCUT2D eigenvalue weighted by Gasteiger charge is 2.05. The molecule has 0 aliphatic carbocycles. The van der Waals surface area contributed by atoms with Gasteiger partial charge < -0.3 is 0 Å². The highest BCUT2D eigenvalue weighted by Crippen LogP contribution is 2.25. The third-order valence-corrected chi connectivity index (χ3v) is 2.65. The second kappa shape index (κ2) is 4.26. The summed E-state index contributed by atoms with van der Waals surface area (Å²) >= 11 is 0. The number of nitrogens with zero attached hydrogens (tertiary/aromatic N) is 1. The minimum atomic E-state index is 0.237. The van der Waals surface area contributed by atoms with E-state index in [2.05, 4.69) is 54.4 Å². The Morgan fingerprint density at radius 3 is 2.60 bits per heavy atom. The van der Waals surface area contributed by atoms with Gasteiger partial charge in [0, 0.05) is 0 Å². The summed E-state index contributed by atoms with van der Waals surface area (Å²) in [4.78, 5) is 4.42. The molecule has 0 amide bonds. The molecule has 2 rings (SSSR count). The highest BCUT2D eigenvalue weighted by atomic mass is 14.7. The van der Waals surface area contributed by atoms with Crippen LogP contribution in [-0.2, 0) is 0 Å². The molecule has 0 heterocycles. The highest BCUT2D eigenvalue weighted by molar-refractivity contribution is 5.86. The normalized spacial score (nSPS) is 13.5. The van der Waals surface area contributed by atoms with Gasteiger partial charge in [-0.25, -0.2) is 0 Å². The van der Waals surface area contributed by atoms with E-state index in [1.807, 2.05) is 13.1 Å². The quantitative estimate of drug-likeness (QED) is 0.645. The molecule has 0 aliphatic rings. The smallest absolute Gasteiger partial charge is 0.0722 e. The lowest BCUT2D eigenvalue weighted by Crippen LogP contribution is -1.91. The Morgan fingerprint density at radius 1 is 1.07 bits per heavy atom. The van der Waals surface area contributed by atoms with Crippen LogP contribution in [0.2, 0.25) is 0 Å². The Balaban J connectivity index is 2.60. The molecule has 0 aliphatic heterocycles. The van der Waals surface area contributed by atoms with Crippen LogP contribution < -0.4 is 0 Å². The van der Waals surface area contributed by atoms with Gasteiger partial charge in [0.05, 0.1) is 6.04 Å². The van der Waals surface area contributed by atoms with Crippen molar-refractivity contribution in [3.05, 3.63) is 48.0 Å². The standard InChI is InChI=1S/C14H15N/c1-3-15-11(2)13-10-6-8-12-7-4-5-9-14(12)13/h3-11H,1-2H3/t11-/m0/s1. The Bertz CT molecular complexity index is 480. The van der Waals surface area contributed by atoms with Gasteiger partial charge in [-0.15, -0.1) is 0 Å². The maximum Gasteiger partial charge on any atom is 0.0722 e. The van der Waals surface area contributed by atoms with Gasteiger partial charge in [0.2, 0.25) is 0 Å². The van der Waals surface area contributed by atoms with Gasteiger partial charge in [-0.2, -0.15) is 0 Å². The predicted molar refractivity (Wildman–Crippen MR) is 66.5 cm³/mol. The fourth-order valence-corrected chi connectivity index (χ4v) is 1.92. The van der Waals surface area contributed by atoms with Crippen LogP contribution in [0.3, 0.4) is 0 Å². The van der Waals surface area contributed by atoms with E-state index in [0.29, 0.717) is 0 Å². The van der Waals surface area contributed by atoms with Crippen molar-refractivity contribution in [2.45, 2.75) is 19.9 Å². The monoisotopic (exact) mass is 197 g/mol. The molecule has 0 aromatic heterocycles. The number of fused-ring (bicyclic) bond motifs is 1. The third-order valence-electron chi connectivity index (χ3n) is 2.65. The van der Waals surface area contributed by atoms with Crippen LogP contribution in [0.4, 0.5) is 0 Å². The first-order valence-electron chi connectivity index (χ1n) is 5.28. The molecule has 15 heavy (non-hydrogen) atoms. The van der Waals surface area contributed by atoms with Crippen LogP contribution in [0.1, 0.15) is 25.5 Å². The molecule has 0 saturated carbocycles. The lowest BCUT2D eigenvalue weighted by Gasteiger charge is -2.10. The van der Waals surface area contributed by atoms with Crippen molar-refractivity contribution in [2.75, 3.05) is 0 Å². The number of rotatable bonds is 2. The first-order valence-corrected chi connectivity index (χ1v) is 5.28. The average Bonchev–Trinajstić information content (AvgIpc) is 2.28. The molecular formula is C14H15N. The van der Waals surface area contributed by atoms with Crippen molar-refractivity contribution in [1.82, 2.24) is 0 Å². The molecule has 0 spiro atoms. The summed E-state index contributed by atoms with van der Waals surface area (Å²) in [5.74, 6) is 0. The number of hydrogen-bond acceptors (Lipinski definition) is 1. The summed E-state index contributed by atoms with van der Waals surface area (Å²) in [6, 6.07) is 15.1. The summed E-state index contributed by atoms with van der Waals surface area (Å²) in [5.41, 5.74) is 1.30. The van der Waals surface area contributed by atoms with E-state index in [1.54, 1.807) is 0 Å². The van der Waals surface area contributed by atoms with Gasteiger partial charge in [-0.3, -0.25) is 4.99 Å².